The molecule has 0 aromatic heterocycles. The maximum Gasteiger partial charge on any atom is 0.157 e. The minimum absolute atomic E-state index is 0.159. The first-order valence-electron chi connectivity index (χ1n) is 7.25. The summed E-state index contributed by atoms with van der Waals surface area (Å²) in [5.41, 5.74) is 1.97. The number of hydrogen-bond donors (Lipinski definition) is 1. The van der Waals surface area contributed by atoms with Crippen LogP contribution in [-0.2, 0) is 4.79 Å². The van der Waals surface area contributed by atoms with E-state index >= 15 is 0 Å². The molecule has 0 radical (unpaired) electrons. The van der Waals surface area contributed by atoms with E-state index in [0.717, 1.165) is 11.1 Å². The van der Waals surface area contributed by atoms with Crippen LogP contribution in [0.15, 0.2) is 35.9 Å². The minimum Gasteiger partial charge on any atom is -0.310 e. The third kappa shape index (κ3) is 4.64. The van der Waals surface area contributed by atoms with Crippen LogP contribution in [-0.4, -0.2) is 18.4 Å². The minimum atomic E-state index is 0.159. The fraction of sp³-hybridized carbons (Fsp3) is 0.471. The van der Waals surface area contributed by atoms with Gasteiger partial charge in [-0.1, -0.05) is 49.6 Å². The Labute approximate surface area is 115 Å². The van der Waals surface area contributed by atoms with Crippen molar-refractivity contribution in [2.75, 3.05) is 6.54 Å². The zero-order chi connectivity index (χ0) is 13.5. The van der Waals surface area contributed by atoms with Crippen LogP contribution in [0.1, 0.15) is 44.6 Å². The van der Waals surface area contributed by atoms with Crippen molar-refractivity contribution < 1.29 is 4.79 Å². The highest BCUT2D eigenvalue weighted by Crippen LogP contribution is 2.17. The number of carbonyl (C=O) groups excluding carboxylic acids is 1. The van der Waals surface area contributed by atoms with Crippen molar-refractivity contribution in [3.63, 3.8) is 0 Å². The Balaban J connectivity index is 1.96. The lowest BCUT2D eigenvalue weighted by atomic mass is 9.95. The molecule has 19 heavy (non-hydrogen) atoms. The Kier molecular flexibility index (Phi) is 5.34. The first-order chi connectivity index (χ1) is 9.25. The van der Waals surface area contributed by atoms with Gasteiger partial charge >= 0.3 is 0 Å². The molecular weight excluding hydrogens is 234 g/mol. The van der Waals surface area contributed by atoms with Crippen LogP contribution >= 0.6 is 0 Å². The maximum atomic E-state index is 11.7. The SMILES string of the molecule is CC(=O)C(=Cc1ccccc1)CNC1CCCCC1. The molecule has 2 nitrogen and oxygen atoms in total. The van der Waals surface area contributed by atoms with Gasteiger partial charge in [0.1, 0.15) is 0 Å². The van der Waals surface area contributed by atoms with Gasteiger partial charge in [0.25, 0.3) is 0 Å². The fourth-order valence-electron chi connectivity index (χ4n) is 2.59. The molecule has 1 aliphatic carbocycles. The molecule has 0 aliphatic heterocycles. The summed E-state index contributed by atoms with van der Waals surface area (Å²) in [6.45, 7) is 2.34. The summed E-state index contributed by atoms with van der Waals surface area (Å²) in [5, 5.41) is 3.53. The first-order valence-corrected chi connectivity index (χ1v) is 7.25. The molecule has 0 atom stereocenters. The lowest BCUT2D eigenvalue weighted by Gasteiger charge is -2.23. The second-order valence-electron chi connectivity index (χ2n) is 5.35. The standard InChI is InChI=1S/C17H23NO/c1-14(19)16(12-15-8-4-2-5-9-15)13-18-17-10-6-3-7-11-17/h2,4-5,8-9,12,17-18H,3,6-7,10-11,13H2,1H3. The third-order valence-electron chi connectivity index (χ3n) is 3.78. The monoisotopic (exact) mass is 257 g/mol. The van der Waals surface area contributed by atoms with Gasteiger partial charge in [0.15, 0.2) is 5.78 Å². The summed E-state index contributed by atoms with van der Waals surface area (Å²) >= 11 is 0. The van der Waals surface area contributed by atoms with Gasteiger partial charge in [0.2, 0.25) is 0 Å². The van der Waals surface area contributed by atoms with E-state index in [1.54, 1.807) is 6.92 Å². The highest BCUT2D eigenvalue weighted by Gasteiger charge is 2.13. The average Bonchev–Trinajstić information content (AvgIpc) is 2.45. The number of rotatable bonds is 5. The van der Waals surface area contributed by atoms with Crippen LogP contribution in [0.2, 0.25) is 0 Å². The Morgan fingerprint density at radius 1 is 1.21 bits per heavy atom. The molecule has 2 rings (SSSR count). The number of carbonyl (C=O) groups is 1. The third-order valence-corrected chi connectivity index (χ3v) is 3.78. The molecule has 0 saturated heterocycles. The van der Waals surface area contributed by atoms with Gasteiger partial charge in [-0.25, -0.2) is 0 Å². The van der Waals surface area contributed by atoms with E-state index in [1.807, 2.05) is 36.4 Å². The highest BCUT2D eigenvalue weighted by molar-refractivity contribution is 5.98. The van der Waals surface area contributed by atoms with Gasteiger partial charge in [-0.15, -0.1) is 0 Å². The summed E-state index contributed by atoms with van der Waals surface area (Å²) in [6.07, 6.45) is 8.48. The highest BCUT2D eigenvalue weighted by atomic mass is 16.1. The van der Waals surface area contributed by atoms with E-state index in [1.165, 1.54) is 32.1 Å². The summed E-state index contributed by atoms with van der Waals surface area (Å²) in [5.74, 6) is 0.159. The molecule has 1 N–H and O–H groups in total. The Hall–Kier alpha value is -1.41. The van der Waals surface area contributed by atoms with Crippen molar-refractivity contribution in [2.45, 2.75) is 45.1 Å². The van der Waals surface area contributed by atoms with E-state index in [0.29, 0.717) is 12.6 Å². The molecule has 1 aromatic carbocycles. The van der Waals surface area contributed by atoms with Gasteiger partial charge < -0.3 is 5.32 Å². The van der Waals surface area contributed by atoms with Crippen molar-refractivity contribution in [1.82, 2.24) is 5.32 Å². The number of nitrogens with one attached hydrogen (secondary N) is 1. The van der Waals surface area contributed by atoms with E-state index in [9.17, 15) is 4.79 Å². The van der Waals surface area contributed by atoms with Crippen molar-refractivity contribution >= 4 is 11.9 Å². The lowest BCUT2D eigenvalue weighted by Crippen LogP contribution is -2.33. The molecule has 1 aromatic rings. The molecule has 0 amide bonds. The molecule has 0 heterocycles. The van der Waals surface area contributed by atoms with Crippen LogP contribution in [0.5, 0.6) is 0 Å². The average molecular weight is 257 g/mol. The number of ketones is 1. The second-order valence-corrected chi connectivity index (χ2v) is 5.35. The molecule has 2 heteroatoms. The van der Waals surface area contributed by atoms with Crippen LogP contribution in [0.4, 0.5) is 0 Å². The molecule has 102 valence electrons. The summed E-state index contributed by atoms with van der Waals surface area (Å²) < 4.78 is 0. The fourth-order valence-corrected chi connectivity index (χ4v) is 2.59. The Bertz CT molecular complexity index is 430. The van der Waals surface area contributed by atoms with Gasteiger partial charge in [0, 0.05) is 18.2 Å². The van der Waals surface area contributed by atoms with Crippen molar-refractivity contribution in [1.29, 1.82) is 0 Å². The van der Waals surface area contributed by atoms with Gasteiger partial charge in [0.05, 0.1) is 0 Å². The van der Waals surface area contributed by atoms with Gasteiger partial charge in [-0.2, -0.15) is 0 Å². The van der Waals surface area contributed by atoms with Gasteiger partial charge in [-0.05, 0) is 31.4 Å². The lowest BCUT2D eigenvalue weighted by molar-refractivity contribution is -0.113. The van der Waals surface area contributed by atoms with E-state index < -0.39 is 0 Å². The van der Waals surface area contributed by atoms with Gasteiger partial charge in [-0.3, -0.25) is 4.79 Å². The van der Waals surface area contributed by atoms with Crippen molar-refractivity contribution in [2.24, 2.45) is 0 Å². The topological polar surface area (TPSA) is 29.1 Å². The van der Waals surface area contributed by atoms with Crippen molar-refractivity contribution in [3.8, 4) is 0 Å². The zero-order valence-corrected chi connectivity index (χ0v) is 11.7. The molecule has 0 spiro atoms. The van der Waals surface area contributed by atoms with E-state index in [4.69, 9.17) is 0 Å². The van der Waals surface area contributed by atoms with Crippen LogP contribution in [0.3, 0.4) is 0 Å². The smallest absolute Gasteiger partial charge is 0.157 e. The molecular formula is C17H23NO. The molecule has 0 unspecified atom stereocenters. The molecule has 1 aliphatic rings. The summed E-state index contributed by atoms with van der Waals surface area (Å²) in [6, 6.07) is 10.6. The number of Topliss-reactive ketones (excluding diaryl/α,β-unsaturated/α-hetero) is 1. The van der Waals surface area contributed by atoms with Crippen LogP contribution in [0.25, 0.3) is 6.08 Å². The largest absolute Gasteiger partial charge is 0.310 e. The quantitative estimate of drug-likeness (QED) is 0.817. The predicted octanol–water partition coefficient (Wildman–Crippen LogP) is 3.58. The molecule has 1 fully saturated rings. The predicted molar refractivity (Wildman–Crippen MR) is 80.0 cm³/mol. The number of hydrogen-bond acceptors (Lipinski definition) is 2. The van der Waals surface area contributed by atoms with Crippen LogP contribution < -0.4 is 5.32 Å². The zero-order valence-electron chi connectivity index (χ0n) is 11.7. The maximum absolute atomic E-state index is 11.7. The first kappa shape index (κ1) is 14.0. The number of benzene rings is 1. The Morgan fingerprint density at radius 2 is 1.89 bits per heavy atom. The summed E-state index contributed by atoms with van der Waals surface area (Å²) in [4.78, 5) is 11.7. The summed E-state index contributed by atoms with van der Waals surface area (Å²) in [7, 11) is 0. The van der Waals surface area contributed by atoms with Crippen LogP contribution in [0, 0.1) is 0 Å². The molecule has 0 bridgehead atoms. The van der Waals surface area contributed by atoms with E-state index in [2.05, 4.69) is 5.32 Å². The van der Waals surface area contributed by atoms with Crippen molar-refractivity contribution in [3.05, 3.63) is 41.5 Å². The second kappa shape index (κ2) is 7.25. The normalized spacial score (nSPS) is 17.4. The Morgan fingerprint density at radius 3 is 2.53 bits per heavy atom. The van der Waals surface area contributed by atoms with E-state index in [-0.39, 0.29) is 5.78 Å². The molecule has 1 saturated carbocycles.